The minimum absolute atomic E-state index is 0.317. The fourth-order valence-corrected chi connectivity index (χ4v) is 2.67. The molecule has 1 aromatic rings. The van der Waals surface area contributed by atoms with Crippen LogP contribution in [0.1, 0.15) is 51.1 Å². The number of unbranched alkanes of at least 4 members (excludes halogenated alkanes) is 3. The maximum atomic E-state index is 6.22. The fraction of sp³-hybridized carbons (Fsp3) is 0.571. The van der Waals surface area contributed by atoms with E-state index in [2.05, 4.69) is 41.2 Å². The van der Waals surface area contributed by atoms with Crippen molar-refractivity contribution in [2.45, 2.75) is 45.6 Å². The summed E-state index contributed by atoms with van der Waals surface area (Å²) in [6.45, 7) is 5.46. The Morgan fingerprint density at radius 2 is 2.06 bits per heavy atom. The molecule has 1 nitrogen and oxygen atoms in total. The van der Waals surface area contributed by atoms with Gasteiger partial charge < -0.3 is 5.32 Å². The second-order valence-electron chi connectivity index (χ2n) is 4.40. The van der Waals surface area contributed by atoms with E-state index in [4.69, 9.17) is 11.6 Å². The zero-order chi connectivity index (χ0) is 12.7. The van der Waals surface area contributed by atoms with Crippen LogP contribution in [-0.4, -0.2) is 6.54 Å². The molecule has 3 heteroatoms. The van der Waals surface area contributed by atoms with Gasteiger partial charge in [0.15, 0.2) is 0 Å². The monoisotopic (exact) mass is 317 g/mol. The standard InChI is InChI=1S/C14H21BrClN/c1-3-4-5-6-9-17-11(2)13-8-7-12(15)10-14(13)16/h7-8,10-11,17H,3-6,9H2,1-2H3. The Bertz CT molecular complexity index is 341. The number of benzene rings is 1. The molecule has 0 aromatic heterocycles. The van der Waals surface area contributed by atoms with Gasteiger partial charge in [-0.3, -0.25) is 0 Å². The molecule has 0 bridgehead atoms. The van der Waals surface area contributed by atoms with E-state index >= 15 is 0 Å². The van der Waals surface area contributed by atoms with Crippen molar-refractivity contribution in [2.75, 3.05) is 6.54 Å². The molecule has 17 heavy (non-hydrogen) atoms. The first kappa shape index (κ1) is 15.0. The van der Waals surface area contributed by atoms with E-state index in [1.165, 1.54) is 31.2 Å². The number of hydrogen-bond donors (Lipinski definition) is 1. The molecule has 0 aliphatic heterocycles. The third-order valence-corrected chi connectivity index (χ3v) is 3.73. The second-order valence-corrected chi connectivity index (χ2v) is 5.73. The molecule has 0 radical (unpaired) electrons. The van der Waals surface area contributed by atoms with Gasteiger partial charge in [0.05, 0.1) is 0 Å². The molecule has 0 saturated carbocycles. The van der Waals surface area contributed by atoms with Gasteiger partial charge in [-0.15, -0.1) is 0 Å². The highest BCUT2D eigenvalue weighted by Gasteiger charge is 2.08. The summed E-state index contributed by atoms with van der Waals surface area (Å²) in [4.78, 5) is 0. The molecule has 1 N–H and O–H groups in total. The van der Waals surface area contributed by atoms with E-state index in [0.29, 0.717) is 6.04 Å². The lowest BCUT2D eigenvalue weighted by molar-refractivity contribution is 0.536. The quantitative estimate of drug-likeness (QED) is 0.670. The summed E-state index contributed by atoms with van der Waals surface area (Å²) in [7, 11) is 0. The second kappa shape index (κ2) is 8.12. The molecule has 0 amide bonds. The minimum atomic E-state index is 0.317. The highest BCUT2D eigenvalue weighted by atomic mass is 79.9. The lowest BCUT2D eigenvalue weighted by Crippen LogP contribution is -2.20. The maximum Gasteiger partial charge on any atom is 0.0464 e. The normalized spacial score (nSPS) is 12.7. The Kier molecular flexibility index (Phi) is 7.17. The van der Waals surface area contributed by atoms with E-state index in [1.807, 2.05) is 12.1 Å². The summed E-state index contributed by atoms with van der Waals surface area (Å²) in [5, 5.41) is 4.35. The van der Waals surface area contributed by atoms with Gasteiger partial charge in [0.2, 0.25) is 0 Å². The Hall–Kier alpha value is -0.0500. The Balaban J connectivity index is 2.38. The molecule has 0 spiro atoms. The first-order valence-corrected chi connectivity index (χ1v) is 7.50. The van der Waals surface area contributed by atoms with Crippen molar-refractivity contribution in [1.82, 2.24) is 5.32 Å². The van der Waals surface area contributed by atoms with Crippen LogP contribution >= 0.6 is 27.5 Å². The summed E-state index contributed by atoms with van der Waals surface area (Å²) in [6, 6.07) is 6.39. The van der Waals surface area contributed by atoms with Gasteiger partial charge in [0.25, 0.3) is 0 Å². The molecule has 1 aromatic carbocycles. The molecule has 0 saturated heterocycles. The van der Waals surface area contributed by atoms with Crippen molar-refractivity contribution in [2.24, 2.45) is 0 Å². The van der Waals surface area contributed by atoms with Gasteiger partial charge in [-0.2, -0.15) is 0 Å². The lowest BCUT2D eigenvalue weighted by Gasteiger charge is -2.15. The van der Waals surface area contributed by atoms with Gasteiger partial charge in [0, 0.05) is 15.5 Å². The van der Waals surface area contributed by atoms with Crippen LogP contribution in [0.25, 0.3) is 0 Å². The smallest absolute Gasteiger partial charge is 0.0464 e. The van der Waals surface area contributed by atoms with Crippen molar-refractivity contribution in [3.63, 3.8) is 0 Å². The predicted molar refractivity (Wildman–Crippen MR) is 79.7 cm³/mol. The SMILES string of the molecule is CCCCCCNC(C)c1ccc(Br)cc1Cl. The summed E-state index contributed by atoms with van der Waals surface area (Å²) in [5.41, 5.74) is 1.17. The Morgan fingerprint density at radius 1 is 1.29 bits per heavy atom. The van der Waals surface area contributed by atoms with Gasteiger partial charge in [-0.05, 0) is 37.6 Å². The van der Waals surface area contributed by atoms with Gasteiger partial charge >= 0.3 is 0 Å². The lowest BCUT2D eigenvalue weighted by atomic mass is 10.1. The summed E-state index contributed by atoms with van der Waals surface area (Å²) >= 11 is 9.64. The average molecular weight is 319 g/mol. The molecular weight excluding hydrogens is 298 g/mol. The summed E-state index contributed by atoms with van der Waals surface area (Å²) in [5.74, 6) is 0. The van der Waals surface area contributed by atoms with E-state index in [0.717, 1.165) is 16.0 Å². The number of hydrogen-bond acceptors (Lipinski definition) is 1. The molecule has 0 aliphatic rings. The minimum Gasteiger partial charge on any atom is -0.310 e. The highest BCUT2D eigenvalue weighted by Crippen LogP contribution is 2.26. The first-order chi connectivity index (χ1) is 8.15. The zero-order valence-corrected chi connectivity index (χ0v) is 12.9. The van der Waals surface area contributed by atoms with Gasteiger partial charge in [-0.1, -0.05) is 59.8 Å². The Labute approximate surface area is 118 Å². The van der Waals surface area contributed by atoms with Crippen LogP contribution in [0.15, 0.2) is 22.7 Å². The van der Waals surface area contributed by atoms with E-state index < -0.39 is 0 Å². The van der Waals surface area contributed by atoms with Crippen LogP contribution in [0.2, 0.25) is 5.02 Å². The third-order valence-electron chi connectivity index (χ3n) is 2.91. The molecule has 96 valence electrons. The maximum absolute atomic E-state index is 6.22. The zero-order valence-electron chi connectivity index (χ0n) is 10.6. The molecule has 1 atom stereocenters. The summed E-state index contributed by atoms with van der Waals surface area (Å²) in [6.07, 6.45) is 5.17. The van der Waals surface area contributed by atoms with Gasteiger partial charge in [0.1, 0.15) is 0 Å². The van der Waals surface area contributed by atoms with Crippen LogP contribution in [0, 0.1) is 0 Å². The van der Waals surface area contributed by atoms with Crippen LogP contribution in [0.5, 0.6) is 0 Å². The number of nitrogens with one attached hydrogen (secondary N) is 1. The number of halogens is 2. The highest BCUT2D eigenvalue weighted by molar-refractivity contribution is 9.10. The average Bonchev–Trinajstić information content (AvgIpc) is 2.28. The van der Waals surface area contributed by atoms with E-state index in [1.54, 1.807) is 0 Å². The van der Waals surface area contributed by atoms with Crippen LogP contribution < -0.4 is 5.32 Å². The first-order valence-electron chi connectivity index (χ1n) is 6.33. The summed E-state index contributed by atoms with van der Waals surface area (Å²) < 4.78 is 1.03. The molecule has 0 heterocycles. The van der Waals surface area contributed by atoms with Crippen molar-refractivity contribution in [3.8, 4) is 0 Å². The topological polar surface area (TPSA) is 12.0 Å². The molecule has 1 unspecified atom stereocenters. The van der Waals surface area contributed by atoms with E-state index in [-0.39, 0.29) is 0 Å². The molecule has 0 aliphatic carbocycles. The van der Waals surface area contributed by atoms with Gasteiger partial charge in [-0.25, -0.2) is 0 Å². The van der Waals surface area contributed by atoms with Crippen LogP contribution in [-0.2, 0) is 0 Å². The Morgan fingerprint density at radius 3 is 2.71 bits per heavy atom. The van der Waals surface area contributed by atoms with Crippen LogP contribution in [0.3, 0.4) is 0 Å². The molecular formula is C14H21BrClN. The van der Waals surface area contributed by atoms with Crippen molar-refractivity contribution >= 4 is 27.5 Å². The van der Waals surface area contributed by atoms with Crippen molar-refractivity contribution in [1.29, 1.82) is 0 Å². The largest absolute Gasteiger partial charge is 0.310 e. The van der Waals surface area contributed by atoms with E-state index in [9.17, 15) is 0 Å². The van der Waals surface area contributed by atoms with Crippen molar-refractivity contribution in [3.05, 3.63) is 33.3 Å². The fourth-order valence-electron chi connectivity index (χ4n) is 1.83. The molecule has 0 fully saturated rings. The number of rotatable bonds is 7. The predicted octanol–water partition coefficient (Wildman–Crippen LogP) is 5.33. The third kappa shape index (κ3) is 5.41. The van der Waals surface area contributed by atoms with Crippen LogP contribution in [0.4, 0.5) is 0 Å². The van der Waals surface area contributed by atoms with Crippen molar-refractivity contribution < 1.29 is 0 Å². The molecule has 1 rings (SSSR count).